The molecule has 0 radical (unpaired) electrons. The molecule has 1 rings (SSSR count). The van der Waals surface area contributed by atoms with Crippen LogP contribution in [0, 0.1) is 0 Å². The zero-order chi connectivity index (χ0) is 8.27. The number of nitrogens with zero attached hydrogens (tertiary/aromatic N) is 2. The summed E-state index contributed by atoms with van der Waals surface area (Å²) in [6.07, 6.45) is 5.31. The van der Waals surface area contributed by atoms with Crippen molar-refractivity contribution in [3.63, 3.8) is 0 Å². The van der Waals surface area contributed by atoms with Crippen molar-refractivity contribution in [2.45, 2.75) is 19.8 Å². The van der Waals surface area contributed by atoms with E-state index in [9.17, 15) is 0 Å². The van der Waals surface area contributed by atoms with Gasteiger partial charge in [-0.05, 0) is 0 Å². The summed E-state index contributed by atoms with van der Waals surface area (Å²) < 4.78 is 0. The Morgan fingerprint density at radius 2 is 1.91 bits per heavy atom. The monoisotopic (exact) mass is 148 g/mol. The van der Waals surface area contributed by atoms with Crippen molar-refractivity contribution >= 4 is 6.08 Å². The molecule has 0 unspecified atom stereocenters. The SMILES string of the molecule is C=Cc1cnc(C(C)C)nc1. The fourth-order valence-corrected chi connectivity index (χ4v) is 0.752. The van der Waals surface area contributed by atoms with Gasteiger partial charge < -0.3 is 0 Å². The van der Waals surface area contributed by atoms with Gasteiger partial charge in [-0.2, -0.15) is 0 Å². The molecule has 0 saturated heterocycles. The highest BCUT2D eigenvalue weighted by atomic mass is 14.9. The normalized spacial score (nSPS) is 10.1. The molecule has 0 atom stereocenters. The highest BCUT2D eigenvalue weighted by Gasteiger charge is 1.99. The molecular formula is C9H12N2. The highest BCUT2D eigenvalue weighted by Crippen LogP contribution is 2.07. The van der Waals surface area contributed by atoms with E-state index in [0.29, 0.717) is 5.92 Å². The predicted molar refractivity (Wildman–Crippen MR) is 46.2 cm³/mol. The molecule has 0 aliphatic heterocycles. The van der Waals surface area contributed by atoms with Crippen molar-refractivity contribution in [3.05, 3.63) is 30.4 Å². The summed E-state index contributed by atoms with van der Waals surface area (Å²) in [6, 6.07) is 0. The Morgan fingerprint density at radius 1 is 1.36 bits per heavy atom. The van der Waals surface area contributed by atoms with Crippen molar-refractivity contribution in [3.8, 4) is 0 Å². The van der Waals surface area contributed by atoms with Gasteiger partial charge in [-0.1, -0.05) is 26.5 Å². The van der Waals surface area contributed by atoms with Gasteiger partial charge in [0.2, 0.25) is 0 Å². The topological polar surface area (TPSA) is 25.8 Å². The van der Waals surface area contributed by atoms with Crippen LogP contribution in [0.2, 0.25) is 0 Å². The maximum absolute atomic E-state index is 4.17. The Morgan fingerprint density at radius 3 is 2.27 bits per heavy atom. The maximum Gasteiger partial charge on any atom is 0.130 e. The summed E-state index contributed by atoms with van der Waals surface area (Å²) in [6.45, 7) is 7.77. The van der Waals surface area contributed by atoms with Gasteiger partial charge in [0, 0.05) is 23.9 Å². The fraction of sp³-hybridized carbons (Fsp3) is 0.333. The van der Waals surface area contributed by atoms with Crippen molar-refractivity contribution in [1.82, 2.24) is 9.97 Å². The van der Waals surface area contributed by atoms with E-state index in [1.54, 1.807) is 18.5 Å². The second kappa shape index (κ2) is 3.28. The van der Waals surface area contributed by atoms with Crippen LogP contribution in [0.15, 0.2) is 19.0 Å². The summed E-state index contributed by atoms with van der Waals surface area (Å²) in [5.41, 5.74) is 0.967. The summed E-state index contributed by atoms with van der Waals surface area (Å²) in [4.78, 5) is 8.33. The first-order valence-corrected chi connectivity index (χ1v) is 3.68. The molecule has 1 aromatic heterocycles. The van der Waals surface area contributed by atoms with E-state index in [4.69, 9.17) is 0 Å². The van der Waals surface area contributed by atoms with Crippen molar-refractivity contribution < 1.29 is 0 Å². The Hall–Kier alpha value is -1.18. The lowest BCUT2D eigenvalue weighted by Gasteiger charge is -2.01. The molecule has 0 N–H and O–H groups in total. The number of rotatable bonds is 2. The van der Waals surface area contributed by atoms with Gasteiger partial charge in [-0.15, -0.1) is 0 Å². The van der Waals surface area contributed by atoms with Crippen LogP contribution in [-0.2, 0) is 0 Å². The van der Waals surface area contributed by atoms with E-state index < -0.39 is 0 Å². The van der Waals surface area contributed by atoms with Gasteiger partial charge in [0.05, 0.1) is 0 Å². The third-order valence-electron chi connectivity index (χ3n) is 1.44. The maximum atomic E-state index is 4.17. The minimum Gasteiger partial charge on any atom is -0.240 e. The Bertz CT molecular complexity index is 236. The molecule has 58 valence electrons. The third kappa shape index (κ3) is 1.87. The average Bonchev–Trinajstić information content (AvgIpc) is 2.05. The molecule has 0 bridgehead atoms. The molecule has 2 nitrogen and oxygen atoms in total. The second-order valence-electron chi connectivity index (χ2n) is 2.73. The van der Waals surface area contributed by atoms with Crippen LogP contribution in [0.4, 0.5) is 0 Å². The summed E-state index contributed by atoms with van der Waals surface area (Å²) >= 11 is 0. The average molecular weight is 148 g/mol. The van der Waals surface area contributed by atoms with Gasteiger partial charge >= 0.3 is 0 Å². The zero-order valence-corrected chi connectivity index (χ0v) is 6.91. The van der Waals surface area contributed by atoms with E-state index in [-0.39, 0.29) is 0 Å². The van der Waals surface area contributed by atoms with E-state index in [2.05, 4.69) is 30.4 Å². The fourth-order valence-electron chi connectivity index (χ4n) is 0.752. The van der Waals surface area contributed by atoms with Crippen LogP contribution in [0.25, 0.3) is 6.08 Å². The standard InChI is InChI=1S/C9H12N2/c1-4-8-5-10-9(7(2)3)11-6-8/h4-7H,1H2,2-3H3. The summed E-state index contributed by atoms with van der Waals surface area (Å²) in [5.74, 6) is 1.28. The smallest absolute Gasteiger partial charge is 0.130 e. The Labute approximate surface area is 67.0 Å². The second-order valence-corrected chi connectivity index (χ2v) is 2.73. The molecule has 0 aromatic carbocycles. The first-order valence-electron chi connectivity index (χ1n) is 3.68. The molecular weight excluding hydrogens is 136 g/mol. The molecule has 0 aliphatic rings. The van der Waals surface area contributed by atoms with Gasteiger partial charge in [0.1, 0.15) is 5.82 Å². The minimum atomic E-state index is 0.397. The van der Waals surface area contributed by atoms with E-state index in [1.807, 2.05) is 0 Å². The number of hydrogen-bond donors (Lipinski definition) is 0. The van der Waals surface area contributed by atoms with Crippen LogP contribution in [0.5, 0.6) is 0 Å². The molecule has 0 spiro atoms. The largest absolute Gasteiger partial charge is 0.240 e. The molecule has 0 aliphatic carbocycles. The van der Waals surface area contributed by atoms with Crippen molar-refractivity contribution in [2.24, 2.45) is 0 Å². The molecule has 0 amide bonds. The van der Waals surface area contributed by atoms with Crippen LogP contribution < -0.4 is 0 Å². The van der Waals surface area contributed by atoms with Gasteiger partial charge in [-0.3, -0.25) is 0 Å². The number of aromatic nitrogens is 2. The quantitative estimate of drug-likeness (QED) is 0.642. The lowest BCUT2D eigenvalue weighted by atomic mass is 10.2. The van der Waals surface area contributed by atoms with Crippen LogP contribution >= 0.6 is 0 Å². The Kier molecular flexibility index (Phi) is 2.36. The van der Waals surface area contributed by atoms with Crippen LogP contribution in [0.1, 0.15) is 31.2 Å². The van der Waals surface area contributed by atoms with E-state index >= 15 is 0 Å². The predicted octanol–water partition coefficient (Wildman–Crippen LogP) is 2.24. The lowest BCUT2D eigenvalue weighted by molar-refractivity contribution is 0.773. The minimum absolute atomic E-state index is 0.397. The summed E-state index contributed by atoms with van der Waals surface area (Å²) in [5, 5.41) is 0. The van der Waals surface area contributed by atoms with Crippen LogP contribution in [0.3, 0.4) is 0 Å². The Balaban J connectivity index is 2.91. The van der Waals surface area contributed by atoms with Crippen molar-refractivity contribution in [1.29, 1.82) is 0 Å². The molecule has 0 fully saturated rings. The molecule has 2 heteroatoms. The number of hydrogen-bond acceptors (Lipinski definition) is 2. The van der Waals surface area contributed by atoms with Crippen LogP contribution in [-0.4, -0.2) is 9.97 Å². The van der Waals surface area contributed by atoms with Gasteiger partial charge in [0.25, 0.3) is 0 Å². The summed E-state index contributed by atoms with van der Waals surface area (Å²) in [7, 11) is 0. The van der Waals surface area contributed by atoms with Crippen molar-refractivity contribution in [2.75, 3.05) is 0 Å². The lowest BCUT2D eigenvalue weighted by Crippen LogP contribution is -1.95. The van der Waals surface area contributed by atoms with E-state index in [1.165, 1.54) is 0 Å². The third-order valence-corrected chi connectivity index (χ3v) is 1.44. The van der Waals surface area contributed by atoms with Gasteiger partial charge in [0.15, 0.2) is 0 Å². The zero-order valence-electron chi connectivity index (χ0n) is 6.91. The highest BCUT2D eigenvalue weighted by molar-refractivity contribution is 5.43. The van der Waals surface area contributed by atoms with E-state index in [0.717, 1.165) is 11.4 Å². The molecule has 1 heterocycles. The molecule has 1 aromatic rings. The molecule has 11 heavy (non-hydrogen) atoms. The first-order chi connectivity index (χ1) is 5.24. The van der Waals surface area contributed by atoms with Gasteiger partial charge in [-0.25, -0.2) is 9.97 Å². The first kappa shape index (κ1) is 7.92. The molecule has 0 saturated carbocycles.